The summed E-state index contributed by atoms with van der Waals surface area (Å²) in [5, 5.41) is 5.26. The molecule has 2 N–H and O–H groups in total. The summed E-state index contributed by atoms with van der Waals surface area (Å²) in [4.78, 5) is 16.1. The van der Waals surface area contributed by atoms with Crippen LogP contribution in [0.3, 0.4) is 0 Å². The lowest BCUT2D eigenvalue weighted by Gasteiger charge is -2.18. The quantitative estimate of drug-likeness (QED) is 0.469. The van der Waals surface area contributed by atoms with Crippen LogP contribution in [0.5, 0.6) is 11.5 Å². The number of carbonyl (C=O) groups is 1. The molecule has 1 aliphatic carbocycles. The number of hydrogen-bond acceptors (Lipinski definition) is 4. The molecule has 0 saturated carbocycles. The van der Waals surface area contributed by atoms with Gasteiger partial charge in [0.1, 0.15) is 0 Å². The summed E-state index contributed by atoms with van der Waals surface area (Å²) in [6.45, 7) is 4.74. The van der Waals surface area contributed by atoms with Crippen LogP contribution in [0.4, 0.5) is 0 Å². The molecule has 1 amide bonds. The highest BCUT2D eigenvalue weighted by Crippen LogP contribution is 2.32. The Balaban J connectivity index is 1.49. The molecular weight excluding hydrogens is 378 g/mol. The molecule has 0 aliphatic heterocycles. The first-order valence-electron chi connectivity index (χ1n) is 10.4. The third kappa shape index (κ3) is 4.03. The lowest BCUT2D eigenvalue weighted by Crippen LogP contribution is -2.17. The van der Waals surface area contributed by atoms with E-state index in [9.17, 15) is 4.79 Å². The first kappa shape index (κ1) is 20.0. The van der Waals surface area contributed by atoms with Crippen LogP contribution in [-0.4, -0.2) is 30.8 Å². The Hall–Kier alpha value is -3.28. The molecule has 0 saturated heterocycles. The Morgan fingerprint density at radius 1 is 1.27 bits per heavy atom. The number of hydrogen-bond donors (Lipinski definition) is 2. The summed E-state index contributed by atoms with van der Waals surface area (Å²) < 4.78 is 10.9. The van der Waals surface area contributed by atoms with Crippen molar-refractivity contribution in [2.45, 2.75) is 33.1 Å². The summed E-state index contributed by atoms with van der Waals surface area (Å²) in [6, 6.07) is 11.3. The minimum absolute atomic E-state index is 0.231. The highest BCUT2D eigenvalue weighted by atomic mass is 16.5. The number of nitrogens with zero attached hydrogens (tertiary/aromatic N) is 1. The molecule has 30 heavy (non-hydrogen) atoms. The molecule has 6 nitrogen and oxygen atoms in total. The highest BCUT2D eigenvalue weighted by Gasteiger charge is 2.20. The number of hydrazone groups is 1. The molecule has 1 aliphatic rings. The van der Waals surface area contributed by atoms with E-state index < -0.39 is 0 Å². The third-order valence-electron chi connectivity index (χ3n) is 5.56. The minimum Gasteiger partial charge on any atom is -0.493 e. The van der Waals surface area contributed by atoms with Crippen LogP contribution in [0.25, 0.3) is 10.9 Å². The first-order chi connectivity index (χ1) is 14.6. The molecule has 2 aromatic carbocycles. The number of methoxy groups -OCH3 is 1. The van der Waals surface area contributed by atoms with Crippen LogP contribution < -0.4 is 14.9 Å². The van der Waals surface area contributed by atoms with Crippen LogP contribution in [0.1, 0.15) is 47.4 Å². The van der Waals surface area contributed by atoms with Gasteiger partial charge in [0.25, 0.3) is 5.91 Å². The minimum atomic E-state index is -0.231. The van der Waals surface area contributed by atoms with Crippen LogP contribution in [0, 0.1) is 5.92 Å². The van der Waals surface area contributed by atoms with Crippen molar-refractivity contribution in [2.24, 2.45) is 11.0 Å². The van der Waals surface area contributed by atoms with E-state index in [1.165, 1.54) is 17.7 Å². The lowest BCUT2D eigenvalue weighted by molar-refractivity contribution is 0.0955. The van der Waals surface area contributed by atoms with Gasteiger partial charge in [-0.2, -0.15) is 5.10 Å². The molecule has 3 aromatic rings. The molecule has 156 valence electrons. The largest absolute Gasteiger partial charge is 0.493 e. The van der Waals surface area contributed by atoms with Crippen molar-refractivity contribution in [3.63, 3.8) is 0 Å². The Labute approximate surface area is 176 Å². The first-order valence-corrected chi connectivity index (χ1v) is 10.4. The molecule has 0 bridgehead atoms. The zero-order valence-corrected chi connectivity index (χ0v) is 17.6. The van der Waals surface area contributed by atoms with Gasteiger partial charge in [-0.25, -0.2) is 5.43 Å². The number of rotatable bonds is 6. The van der Waals surface area contributed by atoms with E-state index in [0.717, 1.165) is 29.3 Å². The topological polar surface area (TPSA) is 75.7 Å². The van der Waals surface area contributed by atoms with E-state index in [4.69, 9.17) is 9.47 Å². The predicted molar refractivity (Wildman–Crippen MR) is 119 cm³/mol. The Morgan fingerprint density at radius 3 is 2.93 bits per heavy atom. The van der Waals surface area contributed by atoms with E-state index in [2.05, 4.69) is 22.4 Å². The van der Waals surface area contributed by atoms with Gasteiger partial charge in [-0.1, -0.05) is 6.92 Å². The van der Waals surface area contributed by atoms with Crippen molar-refractivity contribution in [1.29, 1.82) is 0 Å². The zero-order chi connectivity index (χ0) is 21.1. The van der Waals surface area contributed by atoms with E-state index in [0.29, 0.717) is 29.6 Å². The second kappa shape index (κ2) is 8.61. The number of aryl methyl sites for hydroxylation is 1. The van der Waals surface area contributed by atoms with Crippen molar-refractivity contribution in [2.75, 3.05) is 13.7 Å². The normalized spacial score (nSPS) is 15.9. The molecule has 0 radical (unpaired) electrons. The van der Waals surface area contributed by atoms with Crippen molar-refractivity contribution >= 4 is 23.0 Å². The van der Waals surface area contributed by atoms with Crippen molar-refractivity contribution in [3.8, 4) is 11.5 Å². The SMILES string of the molecule is CCOc1cc(/C=N\NC(=O)c2ccc3[nH]c4c(c3c2)CC(C)CC4)ccc1OC. The Kier molecular flexibility index (Phi) is 5.74. The van der Waals surface area contributed by atoms with Crippen LogP contribution in [0.15, 0.2) is 41.5 Å². The van der Waals surface area contributed by atoms with Gasteiger partial charge in [-0.05, 0) is 79.6 Å². The standard InChI is InChI=1S/C24H27N3O3/c1-4-30-23-12-16(6-10-22(23)29-3)14-25-27-24(28)17-7-9-21-19(13-17)18-11-15(2)5-8-20(18)26-21/h6-7,9-10,12-15,26H,4-5,8,11H2,1-3H3,(H,27,28)/b25-14-. The van der Waals surface area contributed by atoms with Gasteiger partial charge in [0, 0.05) is 22.2 Å². The smallest absolute Gasteiger partial charge is 0.271 e. The van der Waals surface area contributed by atoms with Crippen molar-refractivity contribution in [1.82, 2.24) is 10.4 Å². The fraction of sp³-hybridized carbons (Fsp3) is 0.333. The summed E-state index contributed by atoms with van der Waals surface area (Å²) in [7, 11) is 1.60. The average molecular weight is 405 g/mol. The van der Waals surface area contributed by atoms with E-state index in [1.807, 2.05) is 43.3 Å². The average Bonchev–Trinajstić information content (AvgIpc) is 3.11. The number of aromatic nitrogens is 1. The highest BCUT2D eigenvalue weighted by molar-refractivity contribution is 5.99. The molecule has 0 spiro atoms. The van der Waals surface area contributed by atoms with E-state index in [-0.39, 0.29) is 5.91 Å². The molecule has 4 rings (SSSR count). The number of benzene rings is 2. The van der Waals surface area contributed by atoms with Gasteiger partial charge >= 0.3 is 0 Å². The van der Waals surface area contributed by atoms with Crippen LogP contribution in [-0.2, 0) is 12.8 Å². The number of fused-ring (bicyclic) bond motifs is 3. The fourth-order valence-corrected chi connectivity index (χ4v) is 4.00. The second-order valence-corrected chi connectivity index (χ2v) is 7.73. The zero-order valence-electron chi connectivity index (χ0n) is 17.6. The lowest BCUT2D eigenvalue weighted by atomic mass is 9.87. The molecule has 1 atom stereocenters. The van der Waals surface area contributed by atoms with Gasteiger partial charge in [0.15, 0.2) is 11.5 Å². The number of nitrogens with one attached hydrogen (secondary N) is 2. The van der Waals surface area contributed by atoms with Crippen LogP contribution >= 0.6 is 0 Å². The number of carbonyl (C=O) groups excluding carboxylic acids is 1. The monoisotopic (exact) mass is 405 g/mol. The maximum atomic E-state index is 12.6. The number of amides is 1. The van der Waals surface area contributed by atoms with Crippen molar-refractivity contribution in [3.05, 3.63) is 58.8 Å². The fourth-order valence-electron chi connectivity index (χ4n) is 4.00. The molecular formula is C24H27N3O3. The Morgan fingerprint density at radius 2 is 2.13 bits per heavy atom. The van der Waals surface area contributed by atoms with Crippen molar-refractivity contribution < 1.29 is 14.3 Å². The number of H-pyrrole nitrogens is 1. The van der Waals surface area contributed by atoms with Gasteiger partial charge in [0.05, 0.1) is 19.9 Å². The van der Waals surface area contributed by atoms with Gasteiger partial charge in [-0.15, -0.1) is 0 Å². The molecule has 1 heterocycles. The third-order valence-corrected chi connectivity index (χ3v) is 5.56. The number of ether oxygens (including phenoxy) is 2. The molecule has 1 aromatic heterocycles. The van der Waals surface area contributed by atoms with E-state index in [1.54, 1.807) is 13.3 Å². The molecule has 1 unspecified atom stereocenters. The Bertz CT molecular complexity index is 1100. The number of aromatic amines is 1. The maximum Gasteiger partial charge on any atom is 0.271 e. The van der Waals surface area contributed by atoms with Gasteiger partial charge < -0.3 is 14.5 Å². The molecule has 6 heteroatoms. The second-order valence-electron chi connectivity index (χ2n) is 7.73. The molecule has 0 fully saturated rings. The summed E-state index contributed by atoms with van der Waals surface area (Å²) in [5.74, 6) is 1.75. The maximum absolute atomic E-state index is 12.6. The van der Waals surface area contributed by atoms with E-state index >= 15 is 0 Å². The van der Waals surface area contributed by atoms with Crippen LogP contribution in [0.2, 0.25) is 0 Å². The summed E-state index contributed by atoms with van der Waals surface area (Å²) >= 11 is 0. The summed E-state index contributed by atoms with van der Waals surface area (Å²) in [5.41, 5.74) is 7.78. The van der Waals surface area contributed by atoms with Gasteiger partial charge in [-0.3, -0.25) is 4.79 Å². The predicted octanol–water partition coefficient (Wildman–Crippen LogP) is 4.46. The summed E-state index contributed by atoms with van der Waals surface area (Å²) in [6.07, 6.45) is 4.93. The van der Waals surface area contributed by atoms with Gasteiger partial charge in [0.2, 0.25) is 0 Å².